The lowest BCUT2D eigenvalue weighted by atomic mass is 9.56. The van der Waals surface area contributed by atoms with Crippen LogP contribution in [0, 0.1) is 17.8 Å². The second kappa shape index (κ2) is 7.36. The van der Waals surface area contributed by atoms with Crippen molar-refractivity contribution in [2.24, 2.45) is 29.2 Å². The fraction of sp³-hybridized carbons (Fsp3) is 1.00. The van der Waals surface area contributed by atoms with Crippen LogP contribution >= 0.6 is 7.60 Å². The molecule has 0 atom stereocenters. The van der Waals surface area contributed by atoms with Gasteiger partial charge in [-0.25, -0.2) is 0 Å². The predicted octanol–water partition coefficient (Wildman–Crippen LogP) is 3.62. The van der Waals surface area contributed by atoms with Crippen molar-refractivity contribution < 1.29 is 14.4 Å². The van der Waals surface area contributed by atoms with E-state index in [1.807, 2.05) is 41.5 Å². The van der Waals surface area contributed by atoms with Gasteiger partial charge >= 0.3 is 7.60 Å². The smallest absolute Gasteiger partial charge is 0.326 e. The zero-order valence-corrected chi connectivity index (χ0v) is 17.3. The Morgan fingerprint density at radius 1 is 0.792 bits per heavy atom. The van der Waals surface area contributed by atoms with E-state index in [1.165, 1.54) is 19.3 Å². The van der Waals surface area contributed by atoms with Gasteiger partial charge in [-0.15, -0.1) is 0 Å². The molecule has 24 heavy (non-hydrogen) atoms. The molecule has 0 spiro atoms. The molecule has 0 radical (unpaired) electrons. The van der Waals surface area contributed by atoms with Crippen LogP contribution in [0.25, 0.3) is 0 Å². The maximum atomic E-state index is 11.6. The summed E-state index contributed by atoms with van der Waals surface area (Å²) in [6.07, 6.45) is 6.09. The van der Waals surface area contributed by atoms with Gasteiger partial charge in [0.1, 0.15) is 0 Å². The summed E-state index contributed by atoms with van der Waals surface area (Å²) in [7, 11) is -3.87. The Morgan fingerprint density at radius 3 is 1.17 bits per heavy atom. The summed E-state index contributed by atoms with van der Waals surface area (Å²) in [5, 5.41) is -0.595. The van der Waals surface area contributed by atoms with Gasteiger partial charge in [0.05, 0.1) is 5.16 Å². The van der Waals surface area contributed by atoms with Crippen LogP contribution in [0.1, 0.15) is 80.1 Å². The third-order valence-electron chi connectivity index (χ3n) is 4.62. The van der Waals surface area contributed by atoms with Crippen molar-refractivity contribution in [3.8, 4) is 0 Å². The minimum Gasteiger partial charge on any atom is -0.326 e. The SMILES string of the molecule is CC(C)(C)N.CC(C)(C)N.O=P(O)(O)C12CC3CC(CC(C3)C1)C2. The first-order valence-corrected chi connectivity index (χ1v) is 10.7. The number of rotatable bonds is 1. The van der Waals surface area contributed by atoms with Crippen LogP contribution in [0.3, 0.4) is 0 Å². The number of hydrogen-bond donors (Lipinski definition) is 4. The van der Waals surface area contributed by atoms with Crippen LogP contribution in [0.4, 0.5) is 0 Å². The van der Waals surface area contributed by atoms with E-state index >= 15 is 0 Å². The van der Waals surface area contributed by atoms with Gasteiger partial charge in [0.2, 0.25) is 0 Å². The largest absolute Gasteiger partial charge is 0.331 e. The van der Waals surface area contributed by atoms with Crippen molar-refractivity contribution in [2.45, 2.75) is 96.3 Å². The second-order valence-corrected chi connectivity index (χ2v) is 12.5. The number of hydrogen-bond acceptors (Lipinski definition) is 3. The molecule has 4 bridgehead atoms. The normalized spacial score (nSPS) is 34.8. The molecule has 0 saturated heterocycles. The lowest BCUT2D eigenvalue weighted by molar-refractivity contribution is 0.0228. The molecule has 4 saturated carbocycles. The first kappa shape index (κ1) is 22.1. The van der Waals surface area contributed by atoms with Gasteiger partial charge in [-0.3, -0.25) is 4.57 Å². The van der Waals surface area contributed by atoms with Gasteiger partial charge < -0.3 is 21.3 Å². The first-order valence-electron chi connectivity index (χ1n) is 9.12. The molecular formula is C18H39N2O3P. The average molecular weight is 362 g/mol. The molecule has 4 aliphatic carbocycles. The standard InChI is InChI=1S/C10H17O3P.2C4H11N/c11-14(12,13)10-4-7-1-8(5-10)3-9(2-7)6-10;2*1-4(2,3)5/h7-9H,1-6H2,(H2,11,12,13);2*5H2,1-3H3. The summed E-state index contributed by atoms with van der Waals surface area (Å²) in [4.78, 5) is 19.0. The molecule has 4 fully saturated rings. The van der Waals surface area contributed by atoms with E-state index in [-0.39, 0.29) is 11.1 Å². The lowest BCUT2D eigenvalue weighted by Gasteiger charge is -2.56. The maximum Gasteiger partial charge on any atom is 0.331 e. The summed E-state index contributed by atoms with van der Waals surface area (Å²) in [5.41, 5.74) is 10.7. The van der Waals surface area contributed by atoms with E-state index < -0.39 is 12.8 Å². The molecule has 0 aromatic carbocycles. The zero-order valence-electron chi connectivity index (χ0n) is 16.4. The highest BCUT2D eigenvalue weighted by Crippen LogP contribution is 2.69. The fourth-order valence-corrected chi connectivity index (χ4v) is 5.91. The van der Waals surface area contributed by atoms with E-state index in [4.69, 9.17) is 11.5 Å². The van der Waals surface area contributed by atoms with Crippen molar-refractivity contribution in [1.82, 2.24) is 0 Å². The molecule has 0 aromatic heterocycles. The van der Waals surface area contributed by atoms with E-state index in [0.29, 0.717) is 17.8 Å². The quantitative estimate of drug-likeness (QED) is 0.533. The first-order chi connectivity index (χ1) is 10.5. The molecular weight excluding hydrogens is 323 g/mol. The van der Waals surface area contributed by atoms with Crippen molar-refractivity contribution in [2.75, 3.05) is 0 Å². The summed E-state index contributed by atoms with van der Waals surface area (Å²) in [5.74, 6) is 1.86. The van der Waals surface area contributed by atoms with E-state index in [9.17, 15) is 14.4 Å². The molecule has 4 rings (SSSR count). The number of nitrogens with two attached hydrogens (primary N) is 2. The summed E-state index contributed by atoms with van der Waals surface area (Å²) in [6, 6.07) is 0. The Labute approximate surface area is 148 Å². The molecule has 5 nitrogen and oxygen atoms in total. The van der Waals surface area contributed by atoms with Gasteiger partial charge in [0.15, 0.2) is 0 Å². The van der Waals surface area contributed by atoms with Crippen LogP contribution in [0.15, 0.2) is 0 Å². The molecule has 6 N–H and O–H groups in total. The van der Waals surface area contributed by atoms with E-state index in [0.717, 1.165) is 19.3 Å². The third kappa shape index (κ3) is 7.53. The van der Waals surface area contributed by atoms with Crippen LogP contribution in [0.5, 0.6) is 0 Å². The topological polar surface area (TPSA) is 110 Å². The second-order valence-electron chi connectivity index (χ2n) is 10.4. The van der Waals surface area contributed by atoms with E-state index in [1.54, 1.807) is 0 Å². The van der Waals surface area contributed by atoms with Crippen molar-refractivity contribution >= 4 is 7.60 Å². The van der Waals surface area contributed by atoms with E-state index in [2.05, 4.69) is 0 Å². The van der Waals surface area contributed by atoms with Crippen LogP contribution < -0.4 is 11.5 Å². The molecule has 0 aromatic rings. The van der Waals surface area contributed by atoms with Crippen molar-refractivity contribution in [3.05, 3.63) is 0 Å². The molecule has 4 aliphatic rings. The van der Waals surface area contributed by atoms with Crippen molar-refractivity contribution in [1.29, 1.82) is 0 Å². The van der Waals surface area contributed by atoms with Gasteiger partial charge in [0, 0.05) is 11.1 Å². The fourth-order valence-electron chi connectivity index (χ4n) is 4.42. The molecule has 0 aliphatic heterocycles. The Bertz CT molecular complexity index is 401. The van der Waals surface area contributed by atoms with Crippen LogP contribution in [-0.4, -0.2) is 26.0 Å². The Balaban J connectivity index is 0.000000243. The summed E-state index contributed by atoms with van der Waals surface area (Å²) < 4.78 is 11.6. The predicted molar refractivity (Wildman–Crippen MR) is 101 cm³/mol. The Kier molecular flexibility index (Phi) is 6.78. The molecule has 144 valence electrons. The van der Waals surface area contributed by atoms with Gasteiger partial charge in [-0.1, -0.05) is 0 Å². The van der Waals surface area contributed by atoms with Gasteiger partial charge in [-0.05, 0) is 97.8 Å². The Hall–Kier alpha value is 0.0700. The third-order valence-corrected chi connectivity index (χ3v) is 6.41. The monoisotopic (exact) mass is 362 g/mol. The minimum atomic E-state index is -3.87. The highest BCUT2D eigenvalue weighted by molar-refractivity contribution is 7.53. The van der Waals surface area contributed by atoms with Crippen LogP contribution in [-0.2, 0) is 4.57 Å². The maximum absolute atomic E-state index is 11.6. The van der Waals surface area contributed by atoms with Gasteiger partial charge in [0.25, 0.3) is 0 Å². The summed E-state index contributed by atoms with van der Waals surface area (Å²) in [6.45, 7) is 11.8. The lowest BCUT2D eigenvalue weighted by Crippen LogP contribution is -2.50. The molecule has 0 heterocycles. The molecule has 6 heteroatoms. The highest BCUT2D eigenvalue weighted by atomic mass is 31.2. The van der Waals surface area contributed by atoms with Gasteiger partial charge in [-0.2, -0.15) is 0 Å². The Morgan fingerprint density at radius 2 is 1.00 bits per heavy atom. The highest BCUT2D eigenvalue weighted by Gasteiger charge is 2.58. The zero-order chi connectivity index (χ0) is 19.0. The summed E-state index contributed by atoms with van der Waals surface area (Å²) >= 11 is 0. The average Bonchev–Trinajstić information content (AvgIpc) is 2.19. The van der Waals surface area contributed by atoms with Crippen molar-refractivity contribution in [3.63, 3.8) is 0 Å². The molecule has 0 amide bonds. The molecule has 0 unspecified atom stereocenters. The minimum absolute atomic E-state index is 0. The van der Waals surface area contributed by atoms with Crippen LogP contribution in [0.2, 0.25) is 0 Å².